The van der Waals surface area contributed by atoms with Crippen molar-refractivity contribution >= 4 is 23.6 Å². The van der Waals surface area contributed by atoms with Crippen molar-refractivity contribution < 1.29 is 43.2 Å². The Morgan fingerprint density at radius 3 is 2.39 bits per heavy atom. The summed E-state index contributed by atoms with van der Waals surface area (Å²) in [5, 5.41) is 9.00. The van der Waals surface area contributed by atoms with E-state index in [-0.39, 0.29) is 0 Å². The number of carboxylic acid groups (broad SMARTS) is 1. The highest BCUT2D eigenvalue weighted by atomic mass is 16.5. The first-order valence-electron chi connectivity index (χ1n) is 13.7. The first kappa shape index (κ1) is 31.4. The van der Waals surface area contributed by atoms with E-state index in [1.54, 1.807) is 65.3 Å². The maximum Gasteiger partial charge on any atom is 0.341 e. The van der Waals surface area contributed by atoms with Gasteiger partial charge in [0.25, 0.3) is 5.91 Å². The lowest BCUT2D eigenvalue weighted by Gasteiger charge is -2.35. The van der Waals surface area contributed by atoms with Crippen LogP contribution in [0, 0.1) is 5.41 Å². The molecule has 3 rings (SSSR count). The number of amides is 1. The first-order chi connectivity index (χ1) is 19.4. The molecule has 1 saturated heterocycles. The molecule has 1 amide bonds. The number of aryl methyl sites for hydroxylation is 1. The summed E-state index contributed by atoms with van der Waals surface area (Å²) in [4.78, 5) is 51.8. The van der Waals surface area contributed by atoms with Crippen molar-refractivity contribution in [1.29, 1.82) is 0 Å². The van der Waals surface area contributed by atoms with Crippen molar-refractivity contribution in [3.63, 3.8) is 0 Å². The lowest BCUT2D eigenvalue weighted by Crippen LogP contribution is -2.53. The van der Waals surface area contributed by atoms with Gasteiger partial charge < -0.3 is 29.0 Å². The molecule has 2 atom stereocenters. The second-order valence-corrected chi connectivity index (χ2v) is 11.0. The number of carbonyl (C=O) groups excluding carboxylic acids is 3. The molecule has 1 N–H and O–H groups in total. The van der Waals surface area contributed by atoms with Crippen LogP contribution in [0.15, 0.2) is 42.5 Å². The molecule has 2 aromatic carbocycles. The largest absolute Gasteiger partial charge is 0.493 e. The van der Waals surface area contributed by atoms with Crippen molar-refractivity contribution in [2.24, 2.45) is 5.41 Å². The van der Waals surface area contributed by atoms with Crippen molar-refractivity contribution in [1.82, 2.24) is 4.90 Å². The molecule has 0 saturated carbocycles. The summed E-state index contributed by atoms with van der Waals surface area (Å²) < 4.78 is 22.1. The number of likely N-dealkylation sites (tertiary alicyclic amines) is 1. The minimum absolute atomic E-state index is 0.301. The van der Waals surface area contributed by atoms with Crippen molar-refractivity contribution in [2.45, 2.75) is 65.0 Å². The number of nitrogens with zero attached hydrogens (tertiary/aromatic N) is 1. The molecule has 1 heterocycles. The lowest BCUT2D eigenvalue weighted by molar-refractivity contribution is -0.164. The Hall–Kier alpha value is -4.08. The summed E-state index contributed by atoms with van der Waals surface area (Å²) in [6, 6.07) is 11.4. The smallest absolute Gasteiger partial charge is 0.341 e. The highest BCUT2D eigenvalue weighted by Crippen LogP contribution is 2.32. The number of carbonyl (C=O) groups is 4. The van der Waals surface area contributed by atoms with Crippen LogP contribution in [0.1, 0.15) is 63.7 Å². The average Bonchev–Trinajstić information content (AvgIpc) is 2.96. The van der Waals surface area contributed by atoms with Gasteiger partial charge in [-0.05, 0) is 67.5 Å². The van der Waals surface area contributed by atoms with Crippen LogP contribution in [0.25, 0.3) is 0 Å². The number of carboxylic acids is 1. The number of hydrogen-bond donors (Lipinski definition) is 1. The number of rotatable bonds is 12. The zero-order valence-corrected chi connectivity index (χ0v) is 24.3. The summed E-state index contributed by atoms with van der Waals surface area (Å²) in [5.41, 5.74) is 0.662. The third-order valence-corrected chi connectivity index (χ3v) is 6.90. The van der Waals surface area contributed by atoms with Gasteiger partial charge in [0.05, 0.1) is 14.2 Å². The SMILES string of the molecule is COc1ccc(CC[C@@H](OC(=O)[C@@H]2CCCCN2C(=O)C(=O)C(C)(C)C)c2cccc(OCC(=O)O)c2)cc1OC. The quantitative estimate of drug-likeness (QED) is 0.292. The van der Waals surface area contributed by atoms with E-state index < -0.39 is 47.8 Å². The summed E-state index contributed by atoms with van der Waals surface area (Å²) >= 11 is 0. The molecule has 1 fully saturated rings. The molecule has 0 radical (unpaired) electrons. The normalized spacial score (nSPS) is 15.9. The van der Waals surface area contributed by atoms with Crippen LogP contribution < -0.4 is 14.2 Å². The summed E-state index contributed by atoms with van der Waals surface area (Å²) in [6.07, 6.45) is 1.97. The van der Waals surface area contributed by atoms with Crippen LogP contribution >= 0.6 is 0 Å². The van der Waals surface area contributed by atoms with Crippen molar-refractivity contribution in [3.05, 3.63) is 53.6 Å². The predicted octanol–water partition coefficient (Wildman–Crippen LogP) is 4.38. The lowest BCUT2D eigenvalue weighted by atomic mass is 9.89. The Balaban J connectivity index is 1.87. The van der Waals surface area contributed by atoms with E-state index >= 15 is 0 Å². The van der Waals surface area contributed by atoms with Gasteiger partial charge in [0, 0.05) is 12.0 Å². The van der Waals surface area contributed by atoms with E-state index in [0.29, 0.717) is 55.0 Å². The zero-order valence-electron chi connectivity index (χ0n) is 24.3. The fraction of sp³-hybridized carbons (Fsp3) is 0.484. The molecular formula is C31H39NO9. The zero-order chi connectivity index (χ0) is 30.2. The van der Waals surface area contributed by atoms with Crippen LogP contribution in [0.3, 0.4) is 0 Å². The number of aliphatic carboxylic acids is 1. The molecule has 0 unspecified atom stereocenters. The van der Waals surface area contributed by atoms with Gasteiger partial charge in [-0.1, -0.05) is 39.0 Å². The number of ketones is 1. The van der Waals surface area contributed by atoms with Gasteiger partial charge in [-0.3, -0.25) is 9.59 Å². The Kier molecular flexibility index (Phi) is 10.7. The molecular weight excluding hydrogens is 530 g/mol. The molecule has 0 spiro atoms. The fourth-order valence-electron chi connectivity index (χ4n) is 4.67. The third kappa shape index (κ3) is 8.45. The highest BCUT2D eigenvalue weighted by molar-refractivity contribution is 6.38. The molecule has 222 valence electrons. The average molecular weight is 570 g/mol. The number of methoxy groups -OCH3 is 2. The minimum atomic E-state index is -1.11. The van der Waals surface area contributed by atoms with Crippen LogP contribution in [0.2, 0.25) is 0 Å². The van der Waals surface area contributed by atoms with Crippen molar-refractivity contribution in [2.75, 3.05) is 27.4 Å². The first-order valence-corrected chi connectivity index (χ1v) is 13.7. The van der Waals surface area contributed by atoms with E-state index in [2.05, 4.69) is 0 Å². The molecule has 0 aromatic heterocycles. The van der Waals surface area contributed by atoms with E-state index in [1.807, 2.05) is 12.1 Å². The number of benzene rings is 2. The molecule has 10 nitrogen and oxygen atoms in total. The predicted molar refractivity (Wildman–Crippen MR) is 150 cm³/mol. The van der Waals surface area contributed by atoms with E-state index in [1.165, 1.54) is 4.90 Å². The summed E-state index contributed by atoms with van der Waals surface area (Å²) in [7, 11) is 3.11. The van der Waals surface area contributed by atoms with Gasteiger partial charge in [0.2, 0.25) is 5.78 Å². The van der Waals surface area contributed by atoms with Crippen LogP contribution in [0.5, 0.6) is 17.2 Å². The fourth-order valence-corrected chi connectivity index (χ4v) is 4.67. The second-order valence-electron chi connectivity index (χ2n) is 11.0. The number of piperidine rings is 1. The van der Waals surface area contributed by atoms with Gasteiger partial charge in [-0.25, -0.2) is 9.59 Å². The number of esters is 1. The third-order valence-electron chi connectivity index (χ3n) is 6.90. The van der Waals surface area contributed by atoms with Crippen LogP contribution in [-0.4, -0.2) is 67.0 Å². The van der Waals surface area contributed by atoms with E-state index in [4.69, 9.17) is 24.1 Å². The topological polar surface area (TPSA) is 129 Å². The Bertz CT molecular complexity index is 1250. The molecule has 0 aliphatic carbocycles. The van der Waals surface area contributed by atoms with Gasteiger partial charge >= 0.3 is 11.9 Å². The monoisotopic (exact) mass is 569 g/mol. The molecule has 41 heavy (non-hydrogen) atoms. The Morgan fingerprint density at radius 2 is 1.73 bits per heavy atom. The van der Waals surface area contributed by atoms with Crippen LogP contribution in [-0.2, 0) is 30.3 Å². The number of ether oxygens (including phenoxy) is 4. The Morgan fingerprint density at radius 1 is 1.00 bits per heavy atom. The standard InChI is InChI=1S/C31H39NO9/c1-31(2,3)28(35)29(36)32-16-7-6-11-23(32)30(37)41-24(21-9-8-10-22(18-21)40-19-27(33)34)14-12-20-13-15-25(38-4)26(17-20)39-5/h8-10,13,15,17-18,23-24H,6-7,11-12,14,16,19H2,1-5H3,(H,33,34)/t23-,24+/m0/s1. The maximum atomic E-state index is 13.6. The van der Waals surface area contributed by atoms with Gasteiger partial charge in [-0.2, -0.15) is 0 Å². The van der Waals surface area contributed by atoms with E-state index in [0.717, 1.165) is 12.0 Å². The van der Waals surface area contributed by atoms with Crippen LogP contribution in [0.4, 0.5) is 0 Å². The molecule has 2 aromatic rings. The van der Waals surface area contributed by atoms with Gasteiger partial charge in [0.1, 0.15) is 17.9 Å². The number of hydrogen-bond acceptors (Lipinski definition) is 8. The number of Topliss-reactive ketones (excluding diaryl/α,β-unsaturated/α-hetero) is 1. The molecule has 0 bridgehead atoms. The molecule has 1 aliphatic heterocycles. The molecule has 1 aliphatic rings. The van der Waals surface area contributed by atoms with Crippen molar-refractivity contribution in [3.8, 4) is 17.2 Å². The maximum absolute atomic E-state index is 13.6. The minimum Gasteiger partial charge on any atom is -0.493 e. The highest BCUT2D eigenvalue weighted by Gasteiger charge is 2.40. The summed E-state index contributed by atoms with van der Waals surface area (Å²) in [5.74, 6) is -1.44. The van der Waals surface area contributed by atoms with E-state index in [9.17, 15) is 19.2 Å². The second kappa shape index (κ2) is 14.0. The summed E-state index contributed by atoms with van der Waals surface area (Å²) in [6.45, 7) is 4.81. The van der Waals surface area contributed by atoms with Gasteiger partial charge in [0.15, 0.2) is 18.1 Å². The van der Waals surface area contributed by atoms with Gasteiger partial charge in [-0.15, -0.1) is 0 Å². The Labute approximate surface area is 240 Å². The molecule has 10 heteroatoms.